The van der Waals surface area contributed by atoms with E-state index in [0.29, 0.717) is 25.0 Å². The summed E-state index contributed by atoms with van der Waals surface area (Å²) in [6.45, 7) is -0.0672. The first kappa shape index (κ1) is 31.7. The van der Waals surface area contributed by atoms with Gasteiger partial charge in [-0.05, 0) is 90.7 Å². The largest absolute Gasteiger partial charge is 0.504 e. The minimum absolute atomic E-state index is 0.00880. The molecule has 0 spiro atoms. The van der Waals surface area contributed by atoms with Gasteiger partial charge < -0.3 is 29.9 Å². The summed E-state index contributed by atoms with van der Waals surface area (Å²) in [5.74, 6) is 0.0384. The zero-order chi connectivity index (χ0) is 31.3. The van der Waals surface area contributed by atoms with Gasteiger partial charge in [-0.3, -0.25) is 10.5 Å². The van der Waals surface area contributed by atoms with Gasteiger partial charge in [0.25, 0.3) is 0 Å². The van der Waals surface area contributed by atoms with E-state index in [-0.39, 0.29) is 65.6 Å². The van der Waals surface area contributed by atoms with Gasteiger partial charge in [-0.25, -0.2) is 0 Å². The lowest BCUT2D eigenvalue weighted by Crippen LogP contribution is -2.43. The molecule has 8 heteroatoms. The second-order valence-electron chi connectivity index (χ2n) is 12.4. The maximum Gasteiger partial charge on any atom is 0.200 e. The quantitative estimate of drug-likeness (QED) is 0.125. The number of phenolic OH excluding ortho intramolecular Hbond substituents is 3. The number of aliphatic hydroxyl groups excluding tert-OH is 1. The van der Waals surface area contributed by atoms with E-state index in [1.807, 2.05) is 6.07 Å². The fraction of sp³-hybridized carbons (Fsp3) is 0.472. The van der Waals surface area contributed by atoms with E-state index in [1.54, 1.807) is 18.2 Å². The summed E-state index contributed by atoms with van der Waals surface area (Å²) in [6.07, 6.45) is 7.28. The molecule has 1 saturated carbocycles. The molecule has 0 saturated heterocycles. The van der Waals surface area contributed by atoms with Crippen molar-refractivity contribution in [2.45, 2.75) is 88.1 Å². The topological polar surface area (TPSA) is 142 Å². The Morgan fingerprint density at radius 1 is 1.02 bits per heavy atom. The Bertz CT molecular complexity index is 1430. The molecule has 3 unspecified atom stereocenters. The van der Waals surface area contributed by atoms with Crippen LogP contribution in [0.25, 0.3) is 0 Å². The third-order valence-corrected chi connectivity index (χ3v) is 9.92. The molecule has 6 N–H and O–H groups in total. The smallest absolute Gasteiger partial charge is 0.200 e. The van der Waals surface area contributed by atoms with Crippen molar-refractivity contribution in [2.75, 3.05) is 13.8 Å². The number of methoxy groups -OCH3 is 1. The Hall–Kier alpha value is -3.75. The van der Waals surface area contributed by atoms with Crippen LogP contribution in [0.1, 0.15) is 86.0 Å². The number of carbonyl (C=O) groups excluding carboxylic acids is 1. The molecule has 0 aliphatic heterocycles. The summed E-state index contributed by atoms with van der Waals surface area (Å²) < 4.78 is 10.8. The first-order valence-electron chi connectivity index (χ1n) is 15.8. The fourth-order valence-corrected chi connectivity index (χ4v) is 7.94. The molecule has 0 aromatic heterocycles. The van der Waals surface area contributed by atoms with Gasteiger partial charge in [-0.2, -0.15) is 0 Å². The predicted octanol–water partition coefficient (Wildman–Crippen LogP) is 6.00. The Balaban J connectivity index is 1.41. The molecule has 5 rings (SSSR count). The average molecular weight is 604 g/mol. The molecule has 2 aliphatic rings. The van der Waals surface area contributed by atoms with Crippen molar-refractivity contribution in [3.05, 3.63) is 76.9 Å². The number of phenols is 3. The molecular weight excluding hydrogens is 558 g/mol. The minimum atomic E-state index is -0.879. The van der Waals surface area contributed by atoms with Gasteiger partial charge in [0, 0.05) is 18.4 Å². The van der Waals surface area contributed by atoms with Gasteiger partial charge in [0.15, 0.2) is 23.0 Å². The number of hydrogen-bond donors (Lipinski definition) is 5. The highest BCUT2D eigenvalue weighted by molar-refractivity contribution is 5.79. The molecular formula is C36H45NO7. The van der Waals surface area contributed by atoms with Crippen LogP contribution in [-0.2, 0) is 23.1 Å². The summed E-state index contributed by atoms with van der Waals surface area (Å²) in [6, 6.07) is 17.3. The van der Waals surface area contributed by atoms with Gasteiger partial charge in [0.1, 0.15) is 12.5 Å². The van der Waals surface area contributed by atoms with Crippen molar-refractivity contribution in [2.24, 2.45) is 11.7 Å². The van der Waals surface area contributed by atoms with Crippen LogP contribution in [0, 0.1) is 5.92 Å². The number of aryl methyl sites for hydroxylation is 1. The summed E-state index contributed by atoms with van der Waals surface area (Å²) in [5, 5.41) is 42.7. The normalized spacial score (nSPS) is 20.0. The zero-order valence-corrected chi connectivity index (χ0v) is 25.5. The van der Waals surface area contributed by atoms with E-state index in [1.165, 1.54) is 25.2 Å². The van der Waals surface area contributed by atoms with E-state index in [2.05, 4.69) is 24.3 Å². The lowest BCUT2D eigenvalue weighted by molar-refractivity contribution is -0.121. The van der Waals surface area contributed by atoms with Crippen LogP contribution >= 0.6 is 0 Å². The van der Waals surface area contributed by atoms with Crippen molar-refractivity contribution < 1.29 is 34.7 Å². The van der Waals surface area contributed by atoms with E-state index in [9.17, 15) is 25.2 Å². The van der Waals surface area contributed by atoms with Crippen LogP contribution < -0.4 is 15.2 Å². The van der Waals surface area contributed by atoms with Crippen molar-refractivity contribution in [1.29, 1.82) is 0 Å². The Morgan fingerprint density at radius 2 is 1.77 bits per heavy atom. The van der Waals surface area contributed by atoms with Gasteiger partial charge in [0.05, 0.1) is 13.2 Å². The van der Waals surface area contributed by atoms with Crippen LogP contribution in [0.15, 0.2) is 54.6 Å². The maximum absolute atomic E-state index is 13.1. The van der Waals surface area contributed by atoms with Gasteiger partial charge in [0.2, 0.25) is 5.75 Å². The molecule has 8 nitrogen and oxygen atoms in total. The summed E-state index contributed by atoms with van der Waals surface area (Å²) >= 11 is 0. The van der Waals surface area contributed by atoms with Crippen LogP contribution in [0.5, 0.6) is 28.7 Å². The zero-order valence-electron chi connectivity index (χ0n) is 25.5. The molecule has 0 bridgehead atoms. The first-order valence-corrected chi connectivity index (χ1v) is 15.8. The first-order chi connectivity index (χ1) is 21.3. The van der Waals surface area contributed by atoms with Crippen molar-refractivity contribution >= 4 is 5.78 Å². The lowest BCUT2D eigenvalue weighted by Gasteiger charge is -2.50. The Kier molecular flexibility index (Phi) is 10.0. The number of ketones is 1. The Morgan fingerprint density at radius 3 is 2.48 bits per heavy atom. The van der Waals surface area contributed by atoms with E-state index >= 15 is 0 Å². The number of aliphatic hydroxyl groups is 1. The number of hydrogen-bond acceptors (Lipinski definition) is 8. The van der Waals surface area contributed by atoms with Crippen molar-refractivity contribution in [3.8, 4) is 28.7 Å². The number of carbonyl (C=O) groups is 1. The van der Waals surface area contributed by atoms with Crippen LogP contribution in [0.3, 0.4) is 0 Å². The molecule has 236 valence electrons. The number of Topliss-reactive ketones (excluding diaryl/α,β-unsaturated/α-hetero) is 1. The lowest BCUT2D eigenvalue weighted by atomic mass is 9.54. The molecule has 3 aromatic carbocycles. The van der Waals surface area contributed by atoms with E-state index in [4.69, 9.17) is 15.2 Å². The molecule has 3 aromatic rings. The number of ether oxygens (including phenoxy) is 2. The molecule has 3 atom stereocenters. The second kappa shape index (κ2) is 13.9. The van der Waals surface area contributed by atoms with E-state index in [0.717, 1.165) is 48.8 Å². The molecule has 0 heterocycles. The number of nitrogens with two attached hydrogens (primary N) is 1. The summed E-state index contributed by atoms with van der Waals surface area (Å²) in [4.78, 5) is 13.1. The maximum atomic E-state index is 13.1. The standard InChI is InChI=1S/C36H45NO7/c1-43-35-27-13-14-30(36(16-6-3-7-17-36)24-8-4-2-5-9-24)29(28(27)21-32(41)34(35)42)20-26(39)19-25(38)12-10-23-11-15-31(40)33(18-23)44-22-37/h2,4-5,8-9,11,15,18,21,26,29-30,39-42H,3,6-7,10,12-14,16-17,19-20,22,37H2,1H3. The average Bonchev–Trinajstić information content (AvgIpc) is 3.03. The monoisotopic (exact) mass is 603 g/mol. The molecule has 2 aliphatic carbocycles. The van der Waals surface area contributed by atoms with Crippen molar-refractivity contribution in [3.63, 3.8) is 0 Å². The number of aromatic hydroxyl groups is 3. The van der Waals surface area contributed by atoms with E-state index < -0.39 is 6.10 Å². The highest BCUT2D eigenvalue weighted by Gasteiger charge is 2.48. The number of benzene rings is 3. The molecule has 1 fully saturated rings. The number of fused-ring (bicyclic) bond motifs is 1. The highest BCUT2D eigenvalue weighted by Crippen LogP contribution is 2.57. The van der Waals surface area contributed by atoms with Crippen LogP contribution in [-0.4, -0.2) is 46.2 Å². The molecule has 0 radical (unpaired) electrons. The fourth-order valence-electron chi connectivity index (χ4n) is 7.94. The van der Waals surface area contributed by atoms with Crippen LogP contribution in [0.2, 0.25) is 0 Å². The van der Waals surface area contributed by atoms with Gasteiger partial charge in [-0.15, -0.1) is 0 Å². The SMILES string of the molecule is COc1c(O)c(O)cc2c1CCC(C1(c3ccccc3)CCCCC1)C2CC(O)CC(=O)CCc1ccc(O)c(OCN)c1. The summed E-state index contributed by atoms with van der Waals surface area (Å²) in [7, 11) is 1.50. The third kappa shape index (κ3) is 6.52. The molecule has 44 heavy (non-hydrogen) atoms. The Labute approximate surface area is 259 Å². The highest BCUT2D eigenvalue weighted by atomic mass is 16.5. The predicted molar refractivity (Wildman–Crippen MR) is 168 cm³/mol. The van der Waals surface area contributed by atoms with Crippen molar-refractivity contribution in [1.82, 2.24) is 0 Å². The number of rotatable bonds is 12. The van der Waals surface area contributed by atoms with Crippen LogP contribution in [0.4, 0.5) is 0 Å². The third-order valence-electron chi connectivity index (χ3n) is 9.92. The summed E-state index contributed by atoms with van der Waals surface area (Å²) in [5.41, 5.74) is 9.25. The van der Waals surface area contributed by atoms with Gasteiger partial charge in [-0.1, -0.05) is 55.7 Å². The molecule has 0 amide bonds. The second-order valence-corrected chi connectivity index (χ2v) is 12.4. The minimum Gasteiger partial charge on any atom is -0.504 e. The van der Waals surface area contributed by atoms with Gasteiger partial charge >= 0.3 is 0 Å².